The van der Waals surface area contributed by atoms with Crippen molar-refractivity contribution in [1.29, 1.82) is 0 Å². The van der Waals surface area contributed by atoms with Crippen LogP contribution in [0.1, 0.15) is 5.69 Å². The summed E-state index contributed by atoms with van der Waals surface area (Å²) in [7, 11) is 0. The van der Waals surface area contributed by atoms with E-state index in [1.807, 2.05) is 30.3 Å². The molecule has 0 radical (unpaired) electrons. The zero-order valence-electron chi connectivity index (χ0n) is 12.0. The fourth-order valence-corrected chi connectivity index (χ4v) is 2.04. The molecular formula is C14H15ClN8. The molecule has 0 aliphatic rings. The molecule has 118 valence electrons. The first-order valence-corrected chi connectivity index (χ1v) is 6.47. The summed E-state index contributed by atoms with van der Waals surface area (Å²) in [6.07, 6.45) is 3.30. The first-order valence-electron chi connectivity index (χ1n) is 6.47. The van der Waals surface area contributed by atoms with E-state index in [-0.39, 0.29) is 18.4 Å². The predicted molar refractivity (Wildman–Crippen MR) is 93.5 cm³/mol. The molecule has 0 fully saturated rings. The summed E-state index contributed by atoms with van der Waals surface area (Å²) in [6, 6.07) is 11.4. The fraction of sp³-hybridized carbons (Fsp3) is 0. The molecular weight excluding hydrogens is 316 g/mol. The molecule has 0 saturated carbocycles. The lowest BCUT2D eigenvalue weighted by Gasteiger charge is -1.99. The molecule has 0 aliphatic heterocycles. The van der Waals surface area contributed by atoms with Crippen molar-refractivity contribution in [2.24, 2.45) is 21.7 Å². The number of hydrogen-bond donors (Lipinski definition) is 3. The highest BCUT2D eigenvalue weighted by Gasteiger charge is 2.13. The summed E-state index contributed by atoms with van der Waals surface area (Å²) < 4.78 is 1.77. The van der Waals surface area contributed by atoms with E-state index in [2.05, 4.69) is 20.2 Å². The SMILES string of the molecule is Cl.NC(N)=N/N=C/c1c(-c2ccccc2)nc2nc(N)ccn12. The van der Waals surface area contributed by atoms with Gasteiger partial charge in [-0.1, -0.05) is 30.3 Å². The fourth-order valence-electron chi connectivity index (χ4n) is 2.04. The Kier molecular flexibility index (Phi) is 4.77. The largest absolute Gasteiger partial charge is 0.384 e. The minimum atomic E-state index is -0.117. The van der Waals surface area contributed by atoms with Crippen molar-refractivity contribution in [1.82, 2.24) is 14.4 Å². The molecule has 0 bridgehead atoms. The van der Waals surface area contributed by atoms with E-state index in [4.69, 9.17) is 17.2 Å². The third-order valence-corrected chi connectivity index (χ3v) is 2.95. The number of fused-ring (bicyclic) bond motifs is 1. The van der Waals surface area contributed by atoms with Gasteiger partial charge in [0.15, 0.2) is 0 Å². The van der Waals surface area contributed by atoms with Crippen LogP contribution in [0.3, 0.4) is 0 Å². The number of guanidine groups is 1. The molecule has 3 rings (SSSR count). The molecule has 0 unspecified atom stereocenters. The van der Waals surface area contributed by atoms with Crippen LogP contribution in [0.25, 0.3) is 17.0 Å². The summed E-state index contributed by atoms with van der Waals surface area (Å²) in [5.41, 5.74) is 18.6. The molecule has 9 heteroatoms. The van der Waals surface area contributed by atoms with E-state index in [0.717, 1.165) is 5.56 Å². The van der Waals surface area contributed by atoms with Crippen molar-refractivity contribution in [3.8, 4) is 11.3 Å². The minimum Gasteiger partial charge on any atom is -0.384 e. The van der Waals surface area contributed by atoms with E-state index in [1.165, 1.54) is 6.21 Å². The summed E-state index contributed by atoms with van der Waals surface area (Å²) in [5.74, 6) is 0.753. The Morgan fingerprint density at radius 3 is 2.52 bits per heavy atom. The summed E-state index contributed by atoms with van der Waals surface area (Å²) in [5, 5.41) is 7.48. The number of anilines is 1. The summed E-state index contributed by atoms with van der Waals surface area (Å²) >= 11 is 0. The van der Waals surface area contributed by atoms with Gasteiger partial charge in [0.2, 0.25) is 11.7 Å². The van der Waals surface area contributed by atoms with Gasteiger partial charge in [-0.15, -0.1) is 17.5 Å². The highest BCUT2D eigenvalue weighted by molar-refractivity contribution is 5.89. The molecule has 0 aliphatic carbocycles. The molecule has 3 aromatic rings. The topological polar surface area (TPSA) is 133 Å². The van der Waals surface area contributed by atoms with E-state index >= 15 is 0 Å². The molecule has 0 spiro atoms. The van der Waals surface area contributed by atoms with Crippen LogP contribution in [0.2, 0.25) is 0 Å². The highest BCUT2D eigenvalue weighted by Crippen LogP contribution is 2.22. The average Bonchev–Trinajstić information content (AvgIpc) is 2.86. The van der Waals surface area contributed by atoms with Crippen LogP contribution in [0.4, 0.5) is 5.82 Å². The van der Waals surface area contributed by atoms with E-state index in [9.17, 15) is 0 Å². The molecule has 8 nitrogen and oxygen atoms in total. The summed E-state index contributed by atoms with van der Waals surface area (Å²) in [4.78, 5) is 8.72. The lowest BCUT2D eigenvalue weighted by Crippen LogP contribution is -2.21. The Balaban J connectivity index is 0.00000192. The van der Waals surface area contributed by atoms with Gasteiger partial charge in [0, 0.05) is 11.8 Å². The van der Waals surface area contributed by atoms with Gasteiger partial charge in [0.05, 0.1) is 11.9 Å². The zero-order chi connectivity index (χ0) is 15.5. The number of nitrogen functional groups attached to an aromatic ring is 1. The van der Waals surface area contributed by atoms with E-state index in [1.54, 1.807) is 16.7 Å². The van der Waals surface area contributed by atoms with Crippen molar-refractivity contribution < 1.29 is 0 Å². The number of imidazole rings is 1. The van der Waals surface area contributed by atoms with Gasteiger partial charge in [-0.3, -0.25) is 4.40 Å². The number of nitrogens with two attached hydrogens (primary N) is 3. The van der Waals surface area contributed by atoms with Crippen molar-refractivity contribution >= 4 is 36.2 Å². The number of rotatable bonds is 3. The lowest BCUT2D eigenvalue weighted by molar-refractivity contribution is 1.10. The van der Waals surface area contributed by atoms with Gasteiger partial charge >= 0.3 is 0 Å². The monoisotopic (exact) mass is 330 g/mol. The van der Waals surface area contributed by atoms with E-state index in [0.29, 0.717) is 23.0 Å². The molecule has 1 aromatic carbocycles. The minimum absolute atomic E-state index is 0. The Labute approximate surface area is 138 Å². The lowest BCUT2D eigenvalue weighted by atomic mass is 10.1. The standard InChI is InChI=1S/C14H14N8.ClH/c15-11-6-7-22-10(8-18-21-13(16)17)12(20-14(22)19-11)9-4-2-1-3-5-9;/h1-8H,(H2,15,19,20)(H4,16,17,21);1H/b18-8+;. The quantitative estimate of drug-likeness (QED) is 0.374. The normalized spacial score (nSPS) is 10.6. The van der Waals surface area contributed by atoms with Gasteiger partial charge in [-0.2, -0.15) is 10.1 Å². The Hall–Kier alpha value is -3.13. The molecule has 6 N–H and O–H groups in total. The van der Waals surface area contributed by atoms with E-state index < -0.39 is 0 Å². The molecule has 2 heterocycles. The van der Waals surface area contributed by atoms with Crippen LogP contribution in [0.15, 0.2) is 52.8 Å². The third kappa shape index (κ3) is 3.38. The van der Waals surface area contributed by atoms with Gasteiger partial charge in [-0.05, 0) is 6.07 Å². The van der Waals surface area contributed by atoms with Crippen LogP contribution >= 0.6 is 12.4 Å². The number of halogens is 1. The number of benzene rings is 1. The average molecular weight is 331 g/mol. The predicted octanol–water partition coefficient (Wildman–Crippen LogP) is 1.01. The third-order valence-electron chi connectivity index (χ3n) is 2.95. The Morgan fingerprint density at radius 1 is 1.09 bits per heavy atom. The molecule has 0 amide bonds. The van der Waals surface area contributed by atoms with Gasteiger partial charge in [-0.25, -0.2) is 4.98 Å². The van der Waals surface area contributed by atoms with Crippen LogP contribution < -0.4 is 17.2 Å². The first kappa shape index (κ1) is 16.2. The van der Waals surface area contributed by atoms with Crippen LogP contribution in [-0.4, -0.2) is 26.5 Å². The smallest absolute Gasteiger partial charge is 0.236 e. The number of aromatic nitrogens is 3. The second kappa shape index (κ2) is 6.75. The Bertz CT molecular complexity index is 865. The van der Waals surface area contributed by atoms with Gasteiger partial charge < -0.3 is 17.2 Å². The summed E-state index contributed by atoms with van der Waals surface area (Å²) in [6.45, 7) is 0. The van der Waals surface area contributed by atoms with Crippen molar-refractivity contribution in [3.05, 3.63) is 48.3 Å². The van der Waals surface area contributed by atoms with Gasteiger partial charge in [0.25, 0.3) is 0 Å². The zero-order valence-corrected chi connectivity index (χ0v) is 12.8. The van der Waals surface area contributed by atoms with Crippen molar-refractivity contribution in [2.45, 2.75) is 0 Å². The van der Waals surface area contributed by atoms with Crippen molar-refractivity contribution in [2.75, 3.05) is 5.73 Å². The molecule has 0 atom stereocenters. The first-order chi connectivity index (χ1) is 10.6. The molecule has 23 heavy (non-hydrogen) atoms. The number of nitrogens with zero attached hydrogens (tertiary/aromatic N) is 5. The van der Waals surface area contributed by atoms with Gasteiger partial charge in [0.1, 0.15) is 11.5 Å². The second-order valence-corrected chi connectivity index (χ2v) is 4.50. The van der Waals surface area contributed by atoms with Crippen LogP contribution in [0, 0.1) is 0 Å². The molecule has 2 aromatic heterocycles. The highest BCUT2D eigenvalue weighted by atomic mass is 35.5. The van der Waals surface area contributed by atoms with Crippen LogP contribution in [0.5, 0.6) is 0 Å². The maximum Gasteiger partial charge on any atom is 0.236 e. The maximum atomic E-state index is 5.71. The van der Waals surface area contributed by atoms with Crippen LogP contribution in [-0.2, 0) is 0 Å². The number of hydrogen-bond acceptors (Lipinski definition) is 5. The maximum absolute atomic E-state index is 5.71. The Morgan fingerprint density at radius 2 is 1.83 bits per heavy atom. The van der Waals surface area contributed by atoms with Crippen molar-refractivity contribution in [3.63, 3.8) is 0 Å². The molecule has 0 saturated heterocycles. The second-order valence-electron chi connectivity index (χ2n) is 4.50.